The third-order valence-corrected chi connectivity index (χ3v) is 2.28. The molecule has 0 spiro atoms. The number of nitrogens with zero attached hydrogens (tertiary/aromatic N) is 2. The smallest absolute Gasteiger partial charge is 0.316 e. The van der Waals surface area contributed by atoms with E-state index in [1.807, 2.05) is 6.07 Å². The Bertz CT molecular complexity index is 356. The van der Waals surface area contributed by atoms with Gasteiger partial charge < -0.3 is 15.5 Å². The van der Waals surface area contributed by atoms with E-state index in [1.54, 1.807) is 26.5 Å². The Morgan fingerprint density at radius 1 is 1.44 bits per heavy atom. The van der Waals surface area contributed by atoms with E-state index in [4.69, 9.17) is 0 Å². The molecule has 0 unspecified atom stereocenters. The summed E-state index contributed by atoms with van der Waals surface area (Å²) in [7, 11) is 3.42. The second-order valence-electron chi connectivity index (χ2n) is 3.44. The van der Waals surface area contributed by atoms with E-state index >= 15 is 0 Å². The van der Waals surface area contributed by atoms with Crippen molar-refractivity contribution >= 4 is 27.6 Å². The molecule has 6 heteroatoms. The third-order valence-electron chi connectivity index (χ3n) is 1.84. The van der Waals surface area contributed by atoms with Crippen molar-refractivity contribution in [3.63, 3.8) is 0 Å². The van der Waals surface area contributed by atoms with Gasteiger partial charge in [0.05, 0.1) is 11.9 Å². The molecule has 1 aromatic rings. The lowest BCUT2D eigenvalue weighted by Gasteiger charge is -2.12. The zero-order chi connectivity index (χ0) is 12.0. The lowest BCUT2D eigenvalue weighted by molar-refractivity contribution is 0.218. The van der Waals surface area contributed by atoms with E-state index < -0.39 is 0 Å². The molecule has 0 atom stereocenters. The van der Waals surface area contributed by atoms with E-state index in [9.17, 15) is 4.79 Å². The minimum Gasteiger partial charge on any atom is -0.382 e. The summed E-state index contributed by atoms with van der Waals surface area (Å²) in [4.78, 5) is 16.7. The van der Waals surface area contributed by atoms with Gasteiger partial charge in [-0.05, 0) is 22.0 Å². The van der Waals surface area contributed by atoms with Crippen molar-refractivity contribution in [2.45, 2.75) is 0 Å². The van der Waals surface area contributed by atoms with Crippen molar-refractivity contribution in [3.8, 4) is 0 Å². The normalized spacial score (nSPS) is 9.69. The zero-order valence-electron chi connectivity index (χ0n) is 9.33. The van der Waals surface area contributed by atoms with E-state index in [2.05, 4.69) is 31.5 Å². The molecule has 0 fully saturated rings. The van der Waals surface area contributed by atoms with Crippen LogP contribution in [0.4, 0.5) is 10.5 Å². The van der Waals surface area contributed by atoms with Crippen LogP contribution >= 0.6 is 15.9 Å². The van der Waals surface area contributed by atoms with Gasteiger partial charge in [0.15, 0.2) is 0 Å². The second kappa shape index (κ2) is 6.32. The number of urea groups is 1. The highest BCUT2D eigenvalue weighted by atomic mass is 79.9. The highest BCUT2D eigenvalue weighted by Crippen LogP contribution is 2.12. The number of carbonyl (C=O) groups excluding carboxylic acids is 1. The Morgan fingerprint density at radius 2 is 2.19 bits per heavy atom. The Kier molecular flexibility index (Phi) is 5.04. The van der Waals surface area contributed by atoms with Crippen LogP contribution in [0.15, 0.2) is 22.9 Å². The lowest BCUT2D eigenvalue weighted by Crippen LogP contribution is -2.37. The van der Waals surface area contributed by atoms with E-state index in [0.717, 1.165) is 10.2 Å². The largest absolute Gasteiger partial charge is 0.382 e. The van der Waals surface area contributed by atoms with Crippen LogP contribution in [0, 0.1) is 0 Å². The molecule has 16 heavy (non-hydrogen) atoms. The summed E-state index contributed by atoms with van der Waals surface area (Å²) < 4.78 is 0.926. The maximum Gasteiger partial charge on any atom is 0.316 e. The van der Waals surface area contributed by atoms with Crippen LogP contribution in [0.2, 0.25) is 0 Å². The fraction of sp³-hybridized carbons (Fsp3) is 0.400. The number of aromatic nitrogens is 1. The van der Waals surface area contributed by atoms with E-state index in [-0.39, 0.29) is 6.03 Å². The molecule has 2 amide bonds. The molecule has 0 bridgehead atoms. The van der Waals surface area contributed by atoms with Gasteiger partial charge in [0, 0.05) is 37.9 Å². The molecule has 0 aliphatic rings. The minimum absolute atomic E-state index is 0.0887. The predicted molar refractivity (Wildman–Crippen MR) is 67.5 cm³/mol. The number of hydrogen-bond acceptors (Lipinski definition) is 3. The maximum atomic E-state index is 11.2. The molecule has 0 saturated heterocycles. The number of halogens is 1. The number of anilines is 1. The lowest BCUT2D eigenvalue weighted by atomic mass is 10.4. The zero-order valence-corrected chi connectivity index (χ0v) is 10.9. The number of pyridine rings is 1. The molecule has 5 nitrogen and oxygen atoms in total. The van der Waals surface area contributed by atoms with Crippen molar-refractivity contribution < 1.29 is 4.79 Å². The van der Waals surface area contributed by atoms with Crippen molar-refractivity contribution in [2.75, 3.05) is 32.5 Å². The second-order valence-corrected chi connectivity index (χ2v) is 4.36. The molecular weight excluding hydrogens is 272 g/mol. The van der Waals surface area contributed by atoms with Crippen molar-refractivity contribution in [1.29, 1.82) is 0 Å². The number of carbonyl (C=O) groups is 1. The summed E-state index contributed by atoms with van der Waals surface area (Å²) in [6, 6.07) is 1.84. The Balaban J connectivity index is 2.23. The van der Waals surface area contributed by atoms with Crippen molar-refractivity contribution in [1.82, 2.24) is 15.2 Å². The molecule has 2 N–H and O–H groups in total. The van der Waals surface area contributed by atoms with Gasteiger partial charge in [0.1, 0.15) is 0 Å². The molecule has 88 valence electrons. The third kappa shape index (κ3) is 4.48. The first kappa shape index (κ1) is 12.8. The predicted octanol–water partition coefficient (Wildman–Crippen LogP) is 1.53. The average molecular weight is 287 g/mol. The van der Waals surface area contributed by atoms with E-state index in [1.165, 1.54) is 4.90 Å². The van der Waals surface area contributed by atoms with Crippen LogP contribution < -0.4 is 10.6 Å². The first-order chi connectivity index (χ1) is 7.59. The molecule has 0 saturated carbocycles. The van der Waals surface area contributed by atoms with Gasteiger partial charge in [-0.2, -0.15) is 0 Å². The van der Waals surface area contributed by atoms with Crippen LogP contribution in [0.5, 0.6) is 0 Å². The highest BCUT2D eigenvalue weighted by molar-refractivity contribution is 9.10. The standard InChI is InChI=1S/C10H15BrN4O/c1-15(2)10(16)14-4-3-13-9-5-8(11)6-12-7-9/h5-7,13H,3-4H2,1-2H3,(H,14,16). The van der Waals surface area contributed by atoms with Crippen LogP contribution in [-0.2, 0) is 0 Å². The average Bonchev–Trinajstić information content (AvgIpc) is 2.24. The van der Waals surface area contributed by atoms with Gasteiger partial charge in [-0.15, -0.1) is 0 Å². The SMILES string of the molecule is CN(C)C(=O)NCCNc1cncc(Br)c1. The van der Waals surface area contributed by atoms with Gasteiger partial charge in [-0.25, -0.2) is 4.79 Å². The monoisotopic (exact) mass is 286 g/mol. The van der Waals surface area contributed by atoms with Crippen molar-refractivity contribution in [3.05, 3.63) is 22.9 Å². The fourth-order valence-electron chi connectivity index (χ4n) is 1.04. The Morgan fingerprint density at radius 3 is 2.81 bits per heavy atom. The molecule has 0 aromatic carbocycles. The van der Waals surface area contributed by atoms with Gasteiger partial charge in [-0.1, -0.05) is 0 Å². The van der Waals surface area contributed by atoms with Crippen LogP contribution in [0.25, 0.3) is 0 Å². The number of nitrogens with one attached hydrogen (secondary N) is 2. The topological polar surface area (TPSA) is 57.3 Å². The number of rotatable bonds is 4. The summed E-state index contributed by atoms with van der Waals surface area (Å²) in [5.41, 5.74) is 0.925. The summed E-state index contributed by atoms with van der Waals surface area (Å²) in [6.45, 7) is 1.24. The van der Waals surface area contributed by atoms with Crippen LogP contribution in [-0.4, -0.2) is 43.1 Å². The fourth-order valence-corrected chi connectivity index (χ4v) is 1.41. The molecule has 0 radical (unpaired) electrons. The first-order valence-corrected chi connectivity index (χ1v) is 5.68. The highest BCUT2D eigenvalue weighted by Gasteiger charge is 2.00. The van der Waals surface area contributed by atoms with Crippen LogP contribution in [0.1, 0.15) is 0 Å². The molecule has 0 aliphatic carbocycles. The first-order valence-electron chi connectivity index (χ1n) is 4.89. The van der Waals surface area contributed by atoms with Crippen LogP contribution in [0.3, 0.4) is 0 Å². The van der Waals surface area contributed by atoms with Gasteiger partial charge in [-0.3, -0.25) is 4.98 Å². The van der Waals surface area contributed by atoms with E-state index in [0.29, 0.717) is 13.1 Å². The maximum absolute atomic E-state index is 11.2. The molecule has 0 aliphatic heterocycles. The van der Waals surface area contributed by atoms with Gasteiger partial charge in [0.25, 0.3) is 0 Å². The molecular formula is C10H15BrN4O. The summed E-state index contributed by atoms with van der Waals surface area (Å²) in [5, 5.41) is 5.91. The minimum atomic E-state index is -0.0887. The molecule has 1 heterocycles. The summed E-state index contributed by atoms with van der Waals surface area (Å²) in [5.74, 6) is 0. The van der Waals surface area contributed by atoms with Gasteiger partial charge >= 0.3 is 6.03 Å². The summed E-state index contributed by atoms with van der Waals surface area (Å²) in [6.07, 6.45) is 3.46. The quantitative estimate of drug-likeness (QED) is 0.826. The molecule has 1 aromatic heterocycles. The van der Waals surface area contributed by atoms with Gasteiger partial charge in [0.2, 0.25) is 0 Å². The molecule has 1 rings (SSSR count). The van der Waals surface area contributed by atoms with Crippen molar-refractivity contribution in [2.24, 2.45) is 0 Å². The number of amides is 2. The Hall–Kier alpha value is -1.30. The number of hydrogen-bond donors (Lipinski definition) is 2. The Labute approximate surface area is 103 Å². The summed E-state index contributed by atoms with van der Waals surface area (Å²) >= 11 is 3.33.